The molecule has 5 rings (SSSR count). The fourth-order valence-corrected chi connectivity index (χ4v) is 3.62. The molecule has 0 radical (unpaired) electrons. The van der Waals surface area contributed by atoms with Crippen LogP contribution >= 0.6 is 0 Å². The van der Waals surface area contributed by atoms with Gasteiger partial charge in [-0.2, -0.15) is 10.1 Å². The van der Waals surface area contributed by atoms with Crippen molar-refractivity contribution >= 4 is 28.6 Å². The lowest BCUT2D eigenvalue weighted by molar-refractivity contribution is 0.0988. The number of benzene rings is 1. The Morgan fingerprint density at radius 2 is 1.81 bits per heavy atom. The Kier molecular flexibility index (Phi) is 6.01. The highest BCUT2D eigenvalue weighted by Gasteiger charge is 2.25. The third-order valence-corrected chi connectivity index (χ3v) is 5.51. The third kappa shape index (κ3) is 4.69. The number of aromatic nitrogens is 7. The van der Waals surface area contributed by atoms with E-state index in [1.807, 2.05) is 0 Å². The van der Waals surface area contributed by atoms with Gasteiger partial charge in [0.25, 0.3) is 5.91 Å². The highest BCUT2D eigenvalue weighted by atomic mass is 16.3. The Hall–Kier alpha value is -5.21. The van der Waals surface area contributed by atoms with Crippen LogP contribution in [0.2, 0.25) is 0 Å². The predicted molar refractivity (Wildman–Crippen MR) is 137 cm³/mol. The van der Waals surface area contributed by atoms with Crippen LogP contribution < -0.4 is 10.6 Å². The first-order valence-electron chi connectivity index (χ1n) is 11.2. The topological polar surface area (TPSA) is 149 Å². The Balaban J connectivity index is 1.61. The van der Waals surface area contributed by atoms with E-state index in [-0.39, 0.29) is 23.4 Å². The molecule has 1 aromatic carbocycles. The Morgan fingerprint density at radius 1 is 1.03 bits per heavy atom. The van der Waals surface area contributed by atoms with Gasteiger partial charge in [0, 0.05) is 48.9 Å². The van der Waals surface area contributed by atoms with Crippen LogP contribution in [0, 0.1) is 11.8 Å². The normalized spacial score (nSPS) is 12.4. The third-order valence-electron chi connectivity index (χ3n) is 5.51. The maximum Gasteiger partial charge on any atom is 0.280 e. The van der Waals surface area contributed by atoms with E-state index in [1.165, 1.54) is 35.1 Å². The summed E-state index contributed by atoms with van der Waals surface area (Å²) in [6, 6.07) is 13.9. The van der Waals surface area contributed by atoms with Crippen molar-refractivity contribution in [3.8, 4) is 17.7 Å². The van der Waals surface area contributed by atoms with Crippen molar-refractivity contribution in [2.45, 2.75) is 12.5 Å². The summed E-state index contributed by atoms with van der Waals surface area (Å²) in [6.07, 6.45) is 6.20. The number of pyridine rings is 1. The number of hydrogen-bond donors (Lipinski definition) is 2. The maximum atomic E-state index is 13.4. The number of anilines is 2. The SMILES string of the molecule is CN(C(=O)c1nn(-c2ccnc(N)n2)c2cc(C#CC(C)(O)c3ncccn3)ccc12)c1ccccn1. The lowest BCUT2D eigenvalue weighted by atomic mass is 10.1. The molecule has 0 aliphatic rings. The van der Waals surface area contributed by atoms with Crippen molar-refractivity contribution in [3.05, 3.63) is 90.4 Å². The highest BCUT2D eigenvalue weighted by Crippen LogP contribution is 2.25. The van der Waals surface area contributed by atoms with Crippen LogP contribution in [0.4, 0.5) is 11.8 Å². The van der Waals surface area contributed by atoms with E-state index in [0.717, 1.165) is 0 Å². The lowest BCUT2D eigenvalue weighted by Gasteiger charge is -2.14. The Morgan fingerprint density at radius 3 is 2.54 bits per heavy atom. The predicted octanol–water partition coefficient (Wildman–Crippen LogP) is 2.12. The number of fused-ring (bicyclic) bond motifs is 1. The molecule has 4 aromatic heterocycles. The summed E-state index contributed by atoms with van der Waals surface area (Å²) in [6.45, 7) is 1.52. The second kappa shape index (κ2) is 9.44. The number of amides is 1. The monoisotopic (exact) mass is 491 g/mol. The molecule has 37 heavy (non-hydrogen) atoms. The highest BCUT2D eigenvalue weighted by molar-refractivity contribution is 6.12. The average molecular weight is 492 g/mol. The van der Waals surface area contributed by atoms with Crippen LogP contribution in [0.15, 0.2) is 73.3 Å². The summed E-state index contributed by atoms with van der Waals surface area (Å²) in [5.74, 6) is 6.55. The number of rotatable bonds is 4. The van der Waals surface area contributed by atoms with Gasteiger partial charge < -0.3 is 10.8 Å². The van der Waals surface area contributed by atoms with Crippen molar-refractivity contribution < 1.29 is 9.90 Å². The van der Waals surface area contributed by atoms with Crippen molar-refractivity contribution in [3.63, 3.8) is 0 Å². The zero-order chi connectivity index (χ0) is 26.0. The molecule has 11 heteroatoms. The summed E-state index contributed by atoms with van der Waals surface area (Å²) in [4.78, 5) is 35.5. The Bertz CT molecular complexity index is 1660. The van der Waals surface area contributed by atoms with Gasteiger partial charge in [-0.3, -0.25) is 9.69 Å². The van der Waals surface area contributed by atoms with Gasteiger partial charge in [0.15, 0.2) is 22.9 Å². The van der Waals surface area contributed by atoms with Crippen molar-refractivity contribution in [2.24, 2.45) is 0 Å². The van der Waals surface area contributed by atoms with Crippen LogP contribution in [0.5, 0.6) is 0 Å². The van der Waals surface area contributed by atoms with Gasteiger partial charge in [-0.1, -0.05) is 17.9 Å². The Labute approximate surface area is 211 Å². The van der Waals surface area contributed by atoms with Crippen LogP contribution in [0.1, 0.15) is 28.8 Å². The summed E-state index contributed by atoms with van der Waals surface area (Å²) < 4.78 is 1.51. The quantitative estimate of drug-likeness (QED) is 0.361. The molecule has 1 unspecified atom stereocenters. The van der Waals surface area contributed by atoms with Gasteiger partial charge in [0.2, 0.25) is 5.95 Å². The second-order valence-electron chi connectivity index (χ2n) is 8.21. The van der Waals surface area contributed by atoms with Crippen LogP contribution in [0.3, 0.4) is 0 Å². The van der Waals surface area contributed by atoms with E-state index < -0.39 is 5.60 Å². The first kappa shape index (κ1) is 23.5. The second-order valence-corrected chi connectivity index (χ2v) is 8.21. The molecular formula is C26H21N9O2. The first-order chi connectivity index (χ1) is 17.8. The van der Waals surface area contributed by atoms with Crippen molar-refractivity contribution in [1.29, 1.82) is 0 Å². The lowest BCUT2D eigenvalue weighted by Crippen LogP contribution is -2.27. The number of aliphatic hydroxyl groups is 1. The molecule has 0 saturated heterocycles. The van der Waals surface area contributed by atoms with E-state index in [0.29, 0.717) is 28.1 Å². The van der Waals surface area contributed by atoms with Crippen LogP contribution in [-0.2, 0) is 5.60 Å². The van der Waals surface area contributed by atoms with Gasteiger partial charge >= 0.3 is 0 Å². The molecule has 5 aromatic rings. The number of nitrogens with zero attached hydrogens (tertiary/aromatic N) is 8. The van der Waals surface area contributed by atoms with Gasteiger partial charge in [0.05, 0.1) is 5.52 Å². The maximum absolute atomic E-state index is 13.4. The fraction of sp³-hybridized carbons (Fsp3) is 0.115. The molecule has 11 nitrogen and oxygen atoms in total. The van der Waals surface area contributed by atoms with Crippen LogP contribution in [-0.4, -0.2) is 52.8 Å². The number of carbonyl (C=O) groups excluding carboxylic acids is 1. The van der Waals surface area contributed by atoms with E-state index in [1.54, 1.807) is 61.8 Å². The molecule has 3 N–H and O–H groups in total. The molecule has 1 atom stereocenters. The number of nitrogens with two attached hydrogens (primary N) is 1. The summed E-state index contributed by atoms with van der Waals surface area (Å²) in [5, 5.41) is 15.9. The summed E-state index contributed by atoms with van der Waals surface area (Å²) >= 11 is 0. The van der Waals surface area contributed by atoms with E-state index in [9.17, 15) is 9.90 Å². The van der Waals surface area contributed by atoms with E-state index in [2.05, 4.69) is 41.9 Å². The van der Waals surface area contributed by atoms with Gasteiger partial charge in [-0.05, 0) is 43.3 Å². The first-order valence-corrected chi connectivity index (χ1v) is 11.2. The molecule has 0 spiro atoms. The van der Waals surface area contributed by atoms with Gasteiger partial charge in [-0.25, -0.2) is 24.6 Å². The van der Waals surface area contributed by atoms with E-state index >= 15 is 0 Å². The molecule has 1 amide bonds. The standard InChI is InChI=1S/C26H21N9O2/c1-26(37,24-29-13-5-14-30-24)11-9-17-7-8-18-19(16-17)35(21-10-15-31-25(27)32-21)33-22(18)23(36)34(2)20-6-3-4-12-28-20/h3-8,10,12-16,37H,1-2H3,(H2,27,31,32). The minimum atomic E-state index is -1.57. The van der Waals surface area contributed by atoms with Crippen molar-refractivity contribution in [1.82, 2.24) is 34.7 Å². The summed E-state index contributed by atoms with van der Waals surface area (Å²) in [7, 11) is 1.63. The molecule has 0 bridgehead atoms. The zero-order valence-corrected chi connectivity index (χ0v) is 19.9. The summed E-state index contributed by atoms with van der Waals surface area (Å²) in [5.41, 5.74) is 5.58. The molecule has 182 valence electrons. The minimum Gasteiger partial charge on any atom is -0.371 e. The molecule has 0 aliphatic carbocycles. The van der Waals surface area contributed by atoms with Gasteiger partial charge in [-0.15, -0.1) is 0 Å². The molecule has 0 fully saturated rings. The average Bonchev–Trinajstić information content (AvgIpc) is 3.31. The van der Waals surface area contributed by atoms with Crippen LogP contribution in [0.25, 0.3) is 16.7 Å². The number of hydrogen-bond acceptors (Lipinski definition) is 9. The molecular weight excluding hydrogens is 470 g/mol. The van der Waals surface area contributed by atoms with E-state index in [4.69, 9.17) is 5.73 Å². The van der Waals surface area contributed by atoms with Crippen molar-refractivity contribution in [2.75, 3.05) is 17.7 Å². The minimum absolute atomic E-state index is 0.0643. The molecule has 0 saturated carbocycles. The molecule has 4 heterocycles. The number of carbonyl (C=O) groups is 1. The number of nitrogen functional groups attached to an aromatic ring is 1. The van der Waals surface area contributed by atoms with Gasteiger partial charge in [0.1, 0.15) is 5.82 Å². The smallest absolute Gasteiger partial charge is 0.280 e. The fourth-order valence-electron chi connectivity index (χ4n) is 3.62. The largest absolute Gasteiger partial charge is 0.371 e. The zero-order valence-electron chi connectivity index (χ0n) is 19.9. The molecule has 0 aliphatic heterocycles.